The summed E-state index contributed by atoms with van der Waals surface area (Å²) in [5.41, 5.74) is 2.28. The van der Waals surface area contributed by atoms with Crippen LogP contribution in [0.5, 0.6) is 0 Å². The van der Waals surface area contributed by atoms with Gasteiger partial charge >= 0.3 is 8.56 Å². The molecule has 0 N–H and O–H groups in total. The molecule has 0 unspecified atom stereocenters. The van der Waals surface area contributed by atoms with Crippen LogP contribution in [0.2, 0.25) is 0 Å². The number of rotatable bonds is 8. The minimum atomic E-state index is -2.91. The van der Waals surface area contributed by atoms with Gasteiger partial charge in [-0.2, -0.15) is 0 Å². The maximum atomic E-state index is 6.73. The van der Waals surface area contributed by atoms with E-state index in [1.54, 1.807) is 0 Å². The van der Waals surface area contributed by atoms with Crippen LogP contribution in [-0.2, 0) is 22.1 Å². The summed E-state index contributed by atoms with van der Waals surface area (Å²) >= 11 is 0. The van der Waals surface area contributed by atoms with Gasteiger partial charge in [0.05, 0.1) is 13.2 Å². The second-order valence-corrected chi connectivity index (χ2v) is 9.86. The Hall–Kier alpha value is -2.98. The topological polar surface area (TPSA) is 18.5 Å². The maximum Gasteiger partial charge on any atom is 0.407 e. The summed E-state index contributed by atoms with van der Waals surface area (Å²) in [6, 6.07) is 41.3. The predicted octanol–water partition coefficient (Wildman–Crippen LogP) is 4.68. The monoisotopic (exact) mass is 396 g/mol. The third-order valence-corrected chi connectivity index (χ3v) is 8.17. The minimum Gasteiger partial charge on any atom is -0.383 e. The molecule has 4 rings (SSSR count). The number of hydrogen-bond donors (Lipinski definition) is 0. The first-order chi connectivity index (χ1) is 14.4. The largest absolute Gasteiger partial charge is 0.407 e. The zero-order valence-electron chi connectivity index (χ0n) is 16.3. The predicted molar refractivity (Wildman–Crippen MR) is 120 cm³/mol. The zero-order valence-corrected chi connectivity index (χ0v) is 17.3. The lowest BCUT2D eigenvalue weighted by Crippen LogP contribution is -2.63. The van der Waals surface area contributed by atoms with Crippen molar-refractivity contribution in [3.05, 3.63) is 132 Å². The van der Waals surface area contributed by atoms with Gasteiger partial charge in [0, 0.05) is 0 Å². The Bertz CT molecular complexity index is 905. The fourth-order valence-electron chi connectivity index (χ4n) is 3.38. The molecule has 3 heteroatoms. The van der Waals surface area contributed by atoms with Crippen molar-refractivity contribution in [3.63, 3.8) is 0 Å². The average Bonchev–Trinajstić information content (AvgIpc) is 2.82. The summed E-state index contributed by atoms with van der Waals surface area (Å²) in [4.78, 5) is 0. The molecule has 0 amide bonds. The average molecular weight is 397 g/mol. The van der Waals surface area contributed by atoms with E-state index in [0.29, 0.717) is 13.2 Å². The van der Waals surface area contributed by atoms with Gasteiger partial charge in [-0.25, -0.2) is 0 Å². The van der Waals surface area contributed by atoms with E-state index < -0.39 is 8.56 Å². The molecule has 0 atom stereocenters. The normalized spacial score (nSPS) is 11.3. The fourth-order valence-corrected chi connectivity index (χ4v) is 6.46. The van der Waals surface area contributed by atoms with Gasteiger partial charge in [0.1, 0.15) is 0 Å². The highest BCUT2D eigenvalue weighted by molar-refractivity contribution is 6.92. The van der Waals surface area contributed by atoms with E-state index in [4.69, 9.17) is 8.85 Å². The molecule has 4 aromatic rings. The first kappa shape index (κ1) is 19.3. The van der Waals surface area contributed by atoms with E-state index in [-0.39, 0.29) is 0 Å². The van der Waals surface area contributed by atoms with Crippen LogP contribution < -0.4 is 10.4 Å². The highest BCUT2D eigenvalue weighted by Crippen LogP contribution is 2.16. The summed E-state index contributed by atoms with van der Waals surface area (Å²) in [5, 5.41) is 2.22. The molecule has 0 fully saturated rings. The van der Waals surface area contributed by atoms with Gasteiger partial charge in [0.2, 0.25) is 0 Å². The molecule has 144 valence electrons. The lowest BCUT2D eigenvalue weighted by atomic mass is 10.2. The van der Waals surface area contributed by atoms with Crippen LogP contribution in [0.1, 0.15) is 11.1 Å². The molecule has 0 bridgehead atoms. The van der Waals surface area contributed by atoms with Crippen LogP contribution >= 0.6 is 0 Å². The van der Waals surface area contributed by atoms with Crippen LogP contribution in [-0.4, -0.2) is 8.56 Å². The molecule has 29 heavy (non-hydrogen) atoms. The van der Waals surface area contributed by atoms with Gasteiger partial charge in [0.25, 0.3) is 0 Å². The summed E-state index contributed by atoms with van der Waals surface area (Å²) in [6.45, 7) is 1.01. The third kappa shape index (κ3) is 4.72. The van der Waals surface area contributed by atoms with Crippen molar-refractivity contribution in [1.82, 2.24) is 0 Å². The Morgan fingerprint density at radius 2 is 0.724 bits per heavy atom. The SMILES string of the molecule is c1ccc(CO[Si](OCc2ccccc2)(c2ccccc2)c2ccccc2)cc1. The first-order valence-electron chi connectivity index (χ1n) is 9.84. The Labute approximate surface area is 173 Å². The van der Waals surface area contributed by atoms with Gasteiger partial charge in [-0.1, -0.05) is 121 Å². The molecule has 2 nitrogen and oxygen atoms in total. The maximum absolute atomic E-state index is 6.73. The molecule has 0 saturated carbocycles. The first-order valence-corrected chi connectivity index (χ1v) is 11.7. The smallest absolute Gasteiger partial charge is 0.383 e. The molecular formula is C26H24O2Si. The van der Waals surface area contributed by atoms with Crippen LogP contribution in [0.25, 0.3) is 0 Å². The molecule has 0 aliphatic carbocycles. The molecule has 0 spiro atoms. The Balaban J connectivity index is 1.73. The van der Waals surface area contributed by atoms with Gasteiger partial charge in [-0.3, -0.25) is 0 Å². The van der Waals surface area contributed by atoms with Crippen molar-refractivity contribution in [3.8, 4) is 0 Å². The highest BCUT2D eigenvalue weighted by Gasteiger charge is 2.42. The van der Waals surface area contributed by atoms with Crippen LogP contribution in [0.4, 0.5) is 0 Å². The van der Waals surface area contributed by atoms with E-state index >= 15 is 0 Å². The van der Waals surface area contributed by atoms with Crippen molar-refractivity contribution in [2.24, 2.45) is 0 Å². The van der Waals surface area contributed by atoms with Crippen LogP contribution in [0, 0.1) is 0 Å². The van der Waals surface area contributed by atoms with Gasteiger partial charge < -0.3 is 8.85 Å². The number of hydrogen-bond acceptors (Lipinski definition) is 2. The zero-order chi connectivity index (χ0) is 19.8. The lowest BCUT2D eigenvalue weighted by Gasteiger charge is -2.31. The number of benzene rings is 4. The Morgan fingerprint density at radius 1 is 0.414 bits per heavy atom. The van der Waals surface area contributed by atoms with Crippen LogP contribution in [0.3, 0.4) is 0 Å². The minimum absolute atomic E-state index is 0.506. The van der Waals surface area contributed by atoms with E-state index in [9.17, 15) is 0 Å². The van der Waals surface area contributed by atoms with E-state index in [0.717, 1.165) is 21.5 Å². The Kier molecular flexibility index (Phi) is 6.32. The summed E-state index contributed by atoms with van der Waals surface area (Å²) in [6.07, 6.45) is 0. The van der Waals surface area contributed by atoms with Crippen molar-refractivity contribution in [2.75, 3.05) is 0 Å². The molecule has 4 aromatic carbocycles. The van der Waals surface area contributed by atoms with Gasteiger partial charge in [0.15, 0.2) is 0 Å². The second-order valence-electron chi connectivity index (χ2n) is 6.90. The molecule has 0 aromatic heterocycles. The molecule has 0 radical (unpaired) electrons. The van der Waals surface area contributed by atoms with E-state index in [2.05, 4.69) is 72.8 Å². The fraction of sp³-hybridized carbons (Fsp3) is 0.0769. The second kappa shape index (κ2) is 9.48. The van der Waals surface area contributed by atoms with E-state index in [1.165, 1.54) is 0 Å². The lowest BCUT2D eigenvalue weighted by molar-refractivity contribution is 0.176. The van der Waals surface area contributed by atoms with Crippen molar-refractivity contribution in [1.29, 1.82) is 0 Å². The van der Waals surface area contributed by atoms with Crippen LogP contribution in [0.15, 0.2) is 121 Å². The van der Waals surface area contributed by atoms with Crippen molar-refractivity contribution < 1.29 is 8.85 Å². The molecule has 0 aliphatic heterocycles. The quantitative estimate of drug-likeness (QED) is 0.403. The molecule has 0 aliphatic rings. The molecular weight excluding hydrogens is 372 g/mol. The Morgan fingerprint density at radius 3 is 1.07 bits per heavy atom. The molecule has 0 saturated heterocycles. The standard InChI is InChI=1S/C26H24O2Si/c1-5-13-23(14-6-1)21-27-29(25-17-9-3-10-18-25,26-19-11-4-12-20-26)28-22-24-15-7-2-8-16-24/h1-20H,21-22H2. The molecule has 0 heterocycles. The van der Waals surface area contributed by atoms with Crippen molar-refractivity contribution >= 4 is 18.9 Å². The summed E-state index contributed by atoms with van der Waals surface area (Å²) < 4.78 is 13.5. The highest BCUT2D eigenvalue weighted by atomic mass is 28.4. The van der Waals surface area contributed by atoms with Gasteiger partial charge in [-0.15, -0.1) is 0 Å². The summed E-state index contributed by atoms with van der Waals surface area (Å²) in [7, 11) is -2.91. The van der Waals surface area contributed by atoms with Crippen molar-refractivity contribution in [2.45, 2.75) is 13.2 Å². The van der Waals surface area contributed by atoms with Gasteiger partial charge in [-0.05, 0) is 21.5 Å². The third-order valence-electron chi connectivity index (χ3n) is 4.88. The summed E-state index contributed by atoms with van der Waals surface area (Å²) in [5.74, 6) is 0. The van der Waals surface area contributed by atoms with E-state index in [1.807, 2.05) is 48.5 Å².